The summed E-state index contributed by atoms with van der Waals surface area (Å²) in [6, 6.07) is 6.11. The average Bonchev–Trinajstić information content (AvgIpc) is 2.12. The fraction of sp³-hybridized carbons (Fsp3) is 0.500. The van der Waals surface area contributed by atoms with Crippen molar-refractivity contribution in [3.8, 4) is 0 Å². The predicted octanol–water partition coefficient (Wildman–Crippen LogP) is 4.13. The fourth-order valence-electron chi connectivity index (χ4n) is 1.23. The SMILES string of the molecule is CC(C)[C@H](C)NCc1cc(Cl)cc(Cl)c1. The summed E-state index contributed by atoms with van der Waals surface area (Å²) in [5.41, 5.74) is 1.13. The maximum atomic E-state index is 5.92. The zero-order valence-corrected chi connectivity index (χ0v) is 10.9. The van der Waals surface area contributed by atoms with Crippen molar-refractivity contribution in [2.24, 2.45) is 5.92 Å². The van der Waals surface area contributed by atoms with E-state index >= 15 is 0 Å². The molecule has 0 bridgehead atoms. The Labute approximate surface area is 102 Å². The third kappa shape index (κ3) is 4.42. The lowest BCUT2D eigenvalue weighted by Crippen LogP contribution is -2.30. The van der Waals surface area contributed by atoms with Crippen LogP contribution in [0.5, 0.6) is 0 Å². The van der Waals surface area contributed by atoms with Gasteiger partial charge in [0.25, 0.3) is 0 Å². The zero-order chi connectivity index (χ0) is 11.4. The van der Waals surface area contributed by atoms with Crippen LogP contribution in [-0.4, -0.2) is 6.04 Å². The molecule has 0 radical (unpaired) electrons. The molecular weight excluding hydrogens is 229 g/mol. The van der Waals surface area contributed by atoms with Gasteiger partial charge in [0, 0.05) is 22.6 Å². The number of halogens is 2. The van der Waals surface area contributed by atoms with Crippen LogP contribution in [0.25, 0.3) is 0 Å². The highest BCUT2D eigenvalue weighted by atomic mass is 35.5. The van der Waals surface area contributed by atoms with E-state index in [1.165, 1.54) is 0 Å². The molecule has 0 aliphatic heterocycles. The minimum absolute atomic E-state index is 0.489. The Morgan fingerprint density at radius 3 is 2.07 bits per heavy atom. The average molecular weight is 246 g/mol. The van der Waals surface area contributed by atoms with Crippen molar-refractivity contribution in [2.45, 2.75) is 33.4 Å². The number of hydrogen-bond acceptors (Lipinski definition) is 1. The number of nitrogens with one attached hydrogen (secondary N) is 1. The number of hydrogen-bond donors (Lipinski definition) is 1. The molecule has 1 N–H and O–H groups in total. The minimum Gasteiger partial charge on any atom is -0.310 e. The predicted molar refractivity (Wildman–Crippen MR) is 67.6 cm³/mol. The van der Waals surface area contributed by atoms with Gasteiger partial charge in [-0.3, -0.25) is 0 Å². The maximum absolute atomic E-state index is 5.92. The van der Waals surface area contributed by atoms with E-state index in [9.17, 15) is 0 Å². The van der Waals surface area contributed by atoms with Gasteiger partial charge in [0.05, 0.1) is 0 Å². The lowest BCUT2D eigenvalue weighted by Gasteiger charge is -2.17. The highest BCUT2D eigenvalue weighted by Gasteiger charge is 2.06. The summed E-state index contributed by atoms with van der Waals surface area (Å²) in [7, 11) is 0. The molecule has 0 saturated heterocycles. The summed E-state index contributed by atoms with van der Waals surface area (Å²) in [6.45, 7) is 7.38. The maximum Gasteiger partial charge on any atom is 0.0424 e. The molecule has 0 aliphatic rings. The van der Waals surface area contributed by atoms with Crippen LogP contribution in [-0.2, 0) is 6.54 Å². The molecule has 1 aromatic carbocycles. The molecule has 0 spiro atoms. The Balaban J connectivity index is 2.57. The van der Waals surface area contributed by atoms with Crippen LogP contribution < -0.4 is 5.32 Å². The lowest BCUT2D eigenvalue weighted by atomic mass is 10.1. The van der Waals surface area contributed by atoms with Crippen molar-refractivity contribution in [2.75, 3.05) is 0 Å². The van der Waals surface area contributed by atoms with Gasteiger partial charge in [-0.1, -0.05) is 37.0 Å². The Kier molecular flexibility index (Phi) is 4.91. The van der Waals surface area contributed by atoms with Gasteiger partial charge in [-0.05, 0) is 36.6 Å². The molecule has 0 aromatic heterocycles. The van der Waals surface area contributed by atoms with Gasteiger partial charge < -0.3 is 5.32 Å². The molecule has 0 unspecified atom stereocenters. The van der Waals surface area contributed by atoms with Crippen molar-refractivity contribution in [3.05, 3.63) is 33.8 Å². The van der Waals surface area contributed by atoms with E-state index in [0.717, 1.165) is 12.1 Å². The van der Waals surface area contributed by atoms with Crippen LogP contribution in [0, 0.1) is 5.92 Å². The van der Waals surface area contributed by atoms with Gasteiger partial charge in [0.15, 0.2) is 0 Å². The largest absolute Gasteiger partial charge is 0.310 e. The summed E-state index contributed by atoms with van der Waals surface area (Å²) in [6.07, 6.45) is 0. The van der Waals surface area contributed by atoms with E-state index in [0.29, 0.717) is 22.0 Å². The monoisotopic (exact) mass is 245 g/mol. The summed E-state index contributed by atoms with van der Waals surface area (Å²) >= 11 is 11.8. The molecule has 1 nitrogen and oxygen atoms in total. The minimum atomic E-state index is 0.489. The van der Waals surface area contributed by atoms with Crippen molar-refractivity contribution in [3.63, 3.8) is 0 Å². The van der Waals surface area contributed by atoms with E-state index < -0.39 is 0 Å². The molecule has 0 amide bonds. The van der Waals surface area contributed by atoms with Crippen LogP contribution in [0.3, 0.4) is 0 Å². The molecular formula is C12H17Cl2N. The standard InChI is InChI=1S/C12H17Cl2N/c1-8(2)9(3)15-7-10-4-11(13)6-12(14)5-10/h4-6,8-9,15H,7H2,1-3H3/t9-/m0/s1. The van der Waals surface area contributed by atoms with Crippen LogP contribution in [0.1, 0.15) is 26.3 Å². The molecule has 0 aliphatic carbocycles. The number of benzene rings is 1. The second-order valence-corrected chi connectivity index (χ2v) is 5.06. The highest BCUT2D eigenvalue weighted by molar-refractivity contribution is 6.34. The molecule has 3 heteroatoms. The first-order chi connectivity index (χ1) is 6.99. The topological polar surface area (TPSA) is 12.0 Å². The molecule has 1 aromatic rings. The first-order valence-corrected chi connectivity index (χ1v) is 5.93. The molecule has 0 heterocycles. The highest BCUT2D eigenvalue weighted by Crippen LogP contribution is 2.19. The van der Waals surface area contributed by atoms with E-state index in [1.54, 1.807) is 6.07 Å². The summed E-state index contributed by atoms with van der Waals surface area (Å²) in [4.78, 5) is 0. The van der Waals surface area contributed by atoms with E-state index in [2.05, 4.69) is 26.1 Å². The van der Waals surface area contributed by atoms with Crippen LogP contribution >= 0.6 is 23.2 Å². The van der Waals surface area contributed by atoms with Crippen molar-refractivity contribution < 1.29 is 0 Å². The van der Waals surface area contributed by atoms with Gasteiger partial charge in [-0.25, -0.2) is 0 Å². The Morgan fingerprint density at radius 2 is 1.60 bits per heavy atom. The van der Waals surface area contributed by atoms with E-state index in [-0.39, 0.29) is 0 Å². The van der Waals surface area contributed by atoms with Crippen molar-refractivity contribution in [1.82, 2.24) is 5.32 Å². The summed E-state index contributed by atoms with van der Waals surface area (Å²) in [5.74, 6) is 0.625. The van der Waals surface area contributed by atoms with Crippen LogP contribution in [0.15, 0.2) is 18.2 Å². The Morgan fingerprint density at radius 1 is 1.07 bits per heavy atom. The Bertz CT molecular complexity index is 303. The van der Waals surface area contributed by atoms with E-state index in [4.69, 9.17) is 23.2 Å². The van der Waals surface area contributed by atoms with E-state index in [1.807, 2.05) is 12.1 Å². The van der Waals surface area contributed by atoms with Gasteiger partial charge in [-0.2, -0.15) is 0 Å². The third-order valence-corrected chi connectivity index (χ3v) is 2.99. The first-order valence-electron chi connectivity index (χ1n) is 5.17. The zero-order valence-electron chi connectivity index (χ0n) is 9.35. The molecule has 0 saturated carbocycles. The smallest absolute Gasteiger partial charge is 0.0424 e. The van der Waals surface area contributed by atoms with Crippen molar-refractivity contribution in [1.29, 1.82) is 0 Å². The third-order valence-electron chi connectivity index (χ3n) is 2.55. The fourth-order valence-corrected chi connectivity index (χ4v) is 1.80. The van der Waals surface area contributed by atoms with Crippen molar-refractivity contribution >= 4 is 23.2 Å². The quantitative estimate of drug-likeness (QED) is 0.842. The molecule has 84 valence electrons. The van der Waals surface area contributed by atoms with Gasteiger partial charge in [0.2, 0.25) is 0 Å². The molecule has 1 atom stereocenters. The van der Waals surface area contributed by atoms with Crippen LogP contribution in [0.4, 0.5) is 0 Å². The molecule has 1 rings (SSSR count). The number of rotatable bonds is 4. The summed E-state index contributed by atoms with van der Waals surface area (Å²) in [5, 5.41) is 4.82. The second kappa shape index (κ2) is 5.74. The van der Waals surface area contributed by atoms with Gasteiger partial charge in [-0.15, -0.1) is 0 Å². The summed E-state index contributed by atoms with van der Waals surface area (Å²) < 4.78 is 0. The molecule has 0 fully saturated rings. The second-order valence-electron chi connectivity index (χ2n) is 4.19. The normalized spacial score (nSPS) is 13.2. The molecule has 15 heavy (non-hydrogen) atoms. The first kappa shape index (κ1) is 12.8. The van der Waals surface area contributed by atoms with Gasteiger partial charge in [0.1, 0.15) is 0 Å². The van der Waals surface area contributed by atoms with Gasteiger partial charge >= 0.3 is 0 Å². The Hall–Kier alpha value is -0.240. The lowest BCUT2D eigenvalue weighted by molar-refractivity contribution is 0.426. The van der Waals surface area contributed by atoms with Crippen LogP contribution in [0.2, 0.25) is 10.0 Å².